The minimum atomic E-state index is -0.524. The van der Waals surface area contributed by atoms with Crippen LogP contribution in [0.1, 0.15) is 10.4 Å². The number of hydrogen-bond donors (Lipinski definition) is 4. The van der Waals surface area contributed by atoms with E-state index in [1.54, 1.807) is 0 Å². The number of nitrogens with two attached hydrogens (primary N) is 1. The Labute approximate surface area is 96.5 Å². The standard InChI is InChI=1S/C9H11ClN2O4/c10-7-5(1-2-6(13)8(7)14)9(15)12-3-4-16-11/h1-2,13-14H,3-4,11H2,(H,12,15). The van der Waals surface area contributed by atoms with Crippen LogP contribution < -0.4 is 11.2 Å². The quantitative estimate of drug-likeness (QED) is 0.349. The minimum absolute atomic E-state index is 0.0639. The Morgan fingerprint density at radius 2 is 2.19 bits per heavy atom. The maximum absolute atomic E-state index is 11.5. The first-order valence-corrected chi connectivity index (χ1v) is 4.76. The molecule has 0 unspecified atom stereocenters. The van der Waals surface area contributed by atoms with Crippen molar-refractivity contribution in [3.05, 3.63) is 22.7 Å². The molecule has 6 nitrogen and oxygen atoms in total. The van der Waals surface area contributed by atoms with E-state index in [1.165, 1.54) is 12.1 Å². The molecule has 0 aromatic heterocycles. The minimum Gasteiger partial charge on any atom is -0.504 e. The van der Waals surface area contributed by atoms with Crippen LogP contribution in [0.3, 0.4) is 0 Å². The number of phenols is 2. The summed E-state index contributed by atoms with van der Waals surface area (Å²) in [4.78, 5) is 15.8. The van der Waals surface area contributed by atoms with Crippen molar-refractivity contribution < 1.29 is 19.8 Å². The maximum Gasteiger partial charge on any atom is 0.253 e. The molecule has 0 aliphatic carbocycles. The van der Waals surface area contributed by atoms with Crippen LogP contribution in [0.15, 0.2) is 12.1 Å². The van der Waals surface area contributed by atoms with Crippen LogP contribution in [-0.4, -0.2) is 29.3 Å². The fourth-order valence-electron chi connectivity index (χ4n) is 1.05. The van der Waals surface area contributed by atoms with Crippen molar-refractivity contribution in [1.29, 1.82) is 0 Å². The van der Waals surface area contributed by atoms with E-state index < -0.39 is 11.7 Å². The lowest BCUT2D eigenvalue weighted by Crippen LogP contribution is -2.28. The summed E-state index contributed by atoms with van der Waals surface area (Å²) in [6.45, 7) is 0.376. The van der Waals surface area contributed by atoms with Crippen LogP contribution in [0.5, 0.6) is 11.5 Å². The molecular weight excluding hydrogens is 236 g/mol. The molecule has 1 amide bonds. The predicted molar refractivity (Wildman–Crippen MR) is 57.3 cm³/mol. The predicted octanol–water partition coefficient (Wildman–Crippen LogP) is 0.371. The summed E-state index contributed by atoms with van der Waals surface area (Å²) in [5.41, 5.74) is 0.0639. The zero-order chi connectivity index (χ0) is 12.1. The van der Waals surface area contributed by atoms with Gasteiger partial charge in [-0.05, 0) is 12.1 Å². The van der Waals surface area contributed by atoms with E-state index in [9.17, 15) is 9.90 Å². The zero-order valence-corrected chi connectivity index (χ0v) is 8.99. The molecule has 0 atom stereocenters. The molecule has 0 radical (unpaired) electrons. The smallest absolute Gasteiger partial charge is 0.253 e. The topological polar surface area (TPSA) is 105 Å². The van der Waals surface area contributed by atoms with Crippen molar-refractivity contribution in [3.63, 3.8) is 0 Å². The highest BCUT2D eigenvalue weighted by molar-refractivity contribution is 6.35. The lowest BCUT2D eigenvalue weighted by Gasteiger charge is -2.07. The first-order valence-electron chi connectivity index (χ1n) is 4.38. The molecule has 0 heterocycles. The van der Waals surface area contributed by atoms with Crippen LogP contribution in [0.4, 0.5) is 0 Å². The highest BCUT2D eigenvalue weighted by atomic mass is 35.5. The summed E-state index contributed by atoms with van der Waals surface area (Å²) in [5.74, 6) is 3.38. The first kappa shape index (κ1) is 12.6. The number of phenolic OH excluding ortho intramolecular Hbond substituents is 2. The molecule has 5 N–H and O–H groups in total. The number of hydrogen-bond acceptors (Lipinski definition) is 5. The highest BCUT2D eigenvalue weighted by Crippen LogP contribution is 2.35. The van der Waals surface area contributed by atoms with E-state index in [0.29, 0.717) is 0 Å². The van der Waals surface area contributed by atoms with Crippen molar-refractivity contribution in [2.45, 2.75) is 0 Å². The van der Waals surface area contributed by atoms with Crippen molar-refractivity contribution >= 4 is 17.5 Å². The molecule has 7 heteroatoms. The maximum atomic E-state index is 11.5. The van der Waals surface area contributed by atoms with E-state index in [2.05, 4.69) is 10.2 Å². The summed E-state index contributed by atoms with van der Waals surface area (Å²) < 4.78 is 0. The van der Waals surface area contributed by atoms with Gasteiger partial charge >= 0.3 is 0 Å². The van der Waals surface area contributed by atoms with Crippen LogP contribution >= 0.6 is 11.6 Å². The second kappa shape index (κ2) is 5.55. The van der Waals surface area contributed by atoms with Gasteiger partial charge in [-0.1, -0.05) is 11.6 Å². The molecular formula is C9H11ClN2O4. The molecule has 1 aromatic carbocycles. The number of aromatic hydroxyl groups is 2. The van der Waals surface area contributed by atoms with E-state index >= 15 is 0 Å². The van der Waals surface area contributed by atoms with E-state index in [0.717, 1.165) is 0 Å². The van der Waals surface area contributed by atoms with Crippen molar-refractivity contribution in [3.8, 4) is 11.5 Å². The van der Waals surface area contributed by atoms with Gasteiger partial charge < -0.3 is 20.4 Å². The lowest BCUT2D eigenvalue weighted by atomic mass is 10.2. The summed E-state index contributed by atoms with van der Waals surface area (Å²) in [5, 5.41) is 20.7. The number of carbonyl (C=O) groups is 1. The Balaban J connectivity index is 2.80. The van der Waals surface area contributed by atoms with Gasteiger partial charge in [0.1, 0.15) is 0 Å². The molecule has 16 heavy (non-hydrogen) atoms. The van der Waals surface area contributed by atoms with Crippen molar-refractivity contribution in [2.24, 2.45) is 5.90 Å². The van der Waals surface area contributed by atoms with Gasteiger partial charge in [0, 0.05) is 6.54 Å². The molecule has 0 saturated heterocycles. The summed E-state index contributed by atoms with van der Waals surface area (Å²) in [7, 11) is 0. The fourth-order valence-corrected chi connectivity index (χ4v) is 1.29. The van der Waals surface area contributed by atoms with Crippen molar-refractivity contribution in [2.75, 3.05) is 13.2 Å². The third-order valence-electron chi connectivity index (χ3n) is 1.84. The molecule has 0 bridgehead atoms. The van der Waals surface area contributed by atoms with Crippen LogP contribution in [0.2, 0.25) is 5.02 Å². The summed E-state index contributed by atoms with van der Waals surface area (Å²) in [6, 6.07) is 2.48. The highest BCUT2D eigenvalue weighted by Gasteiger charge is 2.15. The molecule has 0 spiro atoms. The molecule has 1 rings (SSSR count). The molecule has 88 valence electrons. The third kappa shape index (κ3) is 2.75. The van der Waals surface area contributed by atoms with Gasteiger partial charge in [-0.25, -0.2) is 5.90 Å². The molecule has 0 aliphatic heterocycles. The SMILES string of the molecule is NOCCNC(=O)c1ccc(O)c(O)c1Cl. The van der Waals surface area contributed by atoms with Crippen LogP contribution in [0, 0.1) is 0 Å². The van der Waals surface area contributed by atoms with Gasteiger partial charge in [0.15, 0.2) is 11.5 Å². The second-order valence-electron chi connectivity index (χ2n) is 2.92. The Morgan fingerprint density at radius 1 is 1.50 bits per heavy atom. The molecule has 1 aromatic rings. The monoisotopic (exact) mass is 246 g/mol. The second-order valence-corrected chi connectivity index (χ2v) is 3.30. The van der Waals surface area contributed by atoms with E-state index in [1.807, 2.05) is 0 Å². The third-order valence-corrected chi connectivity index (χ3v) is 2.23. The largest absolute Gasteiger partial charge is 0.504 e. The Morgan fingerprint density at radius 3 is 2.81 bits per heavy atom. The number of rotatable bonds is 4. The fraction of sp³-hybridized carbons (Fsp3) is 0.222. The van der Waals surface area contributed by atoms with E-state index in [-0.39, 0.29) is 29.5 Å². The number of nitrogens with one attached hydrogen (secondary N) is 1. The van der Waals surface area contributed by atoms with Gasteiger partial charge in [-0.2, -0.15) is 0 Å². The Hall–Kier alpha value is -1.50. The Bertz CT molecular complexity index is 397. The number of benzene rings is 1. The van der Waals surface area contributed by atoms with E-state index in [4.69, 9.17) is 22.6 Å². The van der Waals surface area contributed by atoms with Gasteiger partial charge in [0.2, 0.25) is 0 Å². The van der Waals surface area contributed by atoms with Crippen molar-refractivity contribution in [1.82, 2.24) is 5.32 Å². The number of amides is 1. The van der Waals surface area contributed by atoms with Gasteiger partial charge in [0.25, 0.3) is 5.91 Å². The summed E-state index contributed by atoms with van der Waals surface area (Å²) >= 11 is 5.68. The normalized spacial score (nSPS) is 10.1. The first-order chi connectivity index (χ1) is 7.57. The Kier molecular flexibility index (Phi) is 4.36. The average molecular weight is 247 g/mol. The van der Waals surface area contributed by atoms with Crippen LogP contribution in [-0.2, 0) is 4.84 Å². The number of carbonyl (C=O) groups excluding carboxylic acids is 1. The van der Waals surface area contributed by atoms with Gasteiger partial charge in [-0.15, -0.1) is 0 Å². The molecule has 0 fully saturated rings. The van der Waals surface area contributed by atoms with Crippen LogP contribution in [0.25, 0.3) is 0 Å². The van der Waals surface area contributed by atoms with Gasteiger partial charge in [-0.3, -0.25) is 4.79 Å². The average Bonchev–Trinajstić information content (AvgIpc) is 2.26. The zero-order valence-electron chi connectivity index (χ0n) is 8.24. The summed E-state index contributed by atoms with van der Waals surface area (Å²) in [6.07, 6.45) is 0. The lowest BCUT2D eigenvalue weighted by molar-refractivity contribution is 0.0916. The number of halogens is 1. The molecule has 0 aliphatic rings. The van der Waals surface area contributed by atoms with Gasteiger partial charge in [0.05, 0.1) is 17.2 Å². The molecule has 0 saturated carbocycles.